The molecule has 0 saturated carbocycles. The van der Waals surface area contributed by atoms with Gasteiger partial charge in [-0.3, -0.25) is 4.79 Å². The van der Waals surface area contributed by atoms with Gasteiger partial charge in [0.2, 0.25) is 0 Å². The molecule has 0 fully saturated rings. The summed E-state index contributed by atoms with van der Waals surface area (Å²) in [6.45, 7) is 3.31. The van der Waals surface area contributed by atoms with Crippen LogP contribution in [0.1, 0.15) is 34.5 Å². The van der Waals surface area contributed by atoms with Crippen molar-refractivity contribution < 1.29 is 28.5 Å². The molecule has 1 unspecified atom stereocenters. The van der Waals surface area contributed by atoms with Crippen molar-refractivity contribution in [2.75, 3.05) is 41.1 Å². The van der Waals surface area contributed by atoms with Gasteiger partial charge >= 0.3 is 0 Å². The minimum atomic E-state index is -0.331. The third-order valence-electron chi connectivity index (χ3n) is 6.14. The van der Waals surface area contributed by atoms with E-state index in [0.717, 1.165) is 16.9 Å². The van der Waals surface area contributed by atoms with Gasteiger partial charge in [-0.2, -0.15) is 0 Å². The number of rotatable bonds is 9. The van der Waals surface area contributed by atoms with Crippen LogP contribution in [0.4, 0.5) is 0 Å². The van der Waals surface area contributed by atoms with Crippen LogP contribution in [0.25, 0.3) is 0 Å². The number of nitrogens with zero attached hydrogens (tertiary/aromatic N) is 1. The average molecular weight is 478 g/mol. The Hall–Kier alpha value is -3.87. The lowest BCUT2D eigenvalue weighted by Crippen LogP contribution is -2.42. The molecule has 0 N–H and O–H groups in total. The maximum Gasteiger partial charge on any atom is 0.254 e. The number of methoxy groups -OCH3 is 3. The van der Waals surface area contributed by atoms with Gasteiger partial charge in [0.25, 0.3) is 5.91 Å². The Balaban J connectivity index is 1.69. The summed E-state index contributed by atoms with van der Waals surface area (Å²) >= 11 is 0. The highest BCUT2D eigenvalue weighted by Crippen LogP contribution is 2.39. The number of fused-ring (bicyclic) bond motifs is 1. The van der Waals surface area contributed by atoms with Gasteiger partial charge in [-0.25, -0.2) is 0 Å². The van der Waals surface area contributed by atoms with Crippen LogP contribution in [0, 0.1) is 0 Å². The molecule has 0 spiro atoms. The predicted octanol–water partition coefficient (Wildman–Crippen LogP) is 4.93. The van der Waals surface area contributed by atoms with Crippen molar-refractivity contribution >= 4 is 5.91 Å². The standard InChI is InChI=1S/C28H31NO6/c1-5-34-21-12-10-19(11-13-21)28(30)29-15-14-20-16-26(32-3)27(33-4)17-22(20)23(29)18-35-25-9-7-6-8-24(25)31-2/h6-13,16-17,23H,5,14-15,18H2,1-4H3. The maximum absolute atomic E-state index is 13.7. The lowest BCUT2D eigenvalue weighted by molar-refractivity contribution is 0.0587. The summed E-state index contributed by atoms with van der Waals surface area (Å²) in [5, 5.41) is 0. The van der Waals surface area contributed by atoms with Crippen LogP contribution < -0.4 is 23.7 Å². The highest BCUT2D eigenvalue weighted by Gasteiger charge is 2.33. The van der Waals surface area contributed by atoms with E-state index in [2.05, 4.69) is 0 Å². The molecular weight excluding hydrogens is 446 g/mol. The van der Waals surface area contributed by atoms with Crippen molar-refractivity contribution in [1.82, 2.24) is 4.90 Å². The summed E-state index contributed by atoms with van der Waals surface area (Å²) in [6, 6.07) is 18.3. The molecule has 1 aliphatic heterocycles. The Morgan fingerprint density at radius 2 is 1.51 bits per heavy atom. The van der Waals surface area contributed by atoms with Gasteiger partial charge < -0.3 is 28.6 Å². The zero-order valence-corrected chi connectivity index (χ0v) is 20.6. The van der Waals surface area contributed by atoms with Crippen molar-refractivity contribution in [3.05, 3.63) is 77.4 Å². The van der Waals surface area contributed by atoms with Crippen LogP contribution in [0.2, 0.25) is 0 Å². The van der Waals surface area contributed by atoms with Crippen molar-refractivity contribution in [3.63, 3.8) is 0 Å². The molecule has 0 saturated heterocycles. The molecule has 0 aliphatic carbocycles. The monoisotopic (exact) mass is 477 g/mol. The lowest BCUT2D eigenvalue weighted by Gasteiger charge is -2.37. The number of hydrogen-bond donors (Lipinski definition) is 0. The Kier molecular flexibility index (Phi) is 7.65. The van der Waals surface area contributed by atoms with Crippen LogP contribution in [-0.4, -0.2) is 51.9 Å². The van der Waals surface area contributed by atoms with Crippen LogP contribution in [0.3, 0.4) is 0 Å². The second-order valence-electron chi connectivity index (χ2n) is 8.09. The van der Waals surface area contributed by atoms with Crippen LogP contribution in [-0.2, 0) is 6.42 Å². The van der Waals surface area contributed by atoms with Crippen LogP contribution >= 0.6 is 0 Å². The lowest BCUT2D eigenvalue weighted by atomic mass is 9.91. The van der Waals surface area contributed by atoms with E-state index in [4.69, 9.17) is 23.7 Å². The van der Waals surface area contributed by atoms with Gasteiger partial charge in [0.05, 0.1) is 34.0 Å². The van der Waals surface area contributed by atoms with Crippen LogP contribution in [0.15, 0.2) is 60.7 Å². The number of carbonyl (C=O) groups excluding carboxylic acids is 1. The fourth-order valence-electron chi connectivity index (χ4n) is 4.38. The molecule has 0 bridgehead atoms. The predicted molar refractivity (Wildman–Crippen MR) is 133 cm³/mol. The second-order valence-corrected chi connectivity index (χ2v) is 8.09. The normalized spacial score (nSPS) is 14.6. The van der Waals surface area contributed by atoms with Crippen molar-refractivity contribution in [2.45, 2.75) is 19.4 Å². The van der Waals surface area contributed by atoms with Gasteiger partial charge in [-0.05, 0) is 73.0 Å². The third-order valence-corrected chi connectivity index (χ3v) is 6.14. The molecule has 7 nitrogen and oxygen atoms in total. The maximum atomic E-state index is 13.7. The minimum Gasteiger partial charge on any atom is -0.494 e. The first-order chi connectivity index (χ1) is 17.1. The Morgan fingerprint density at radius 3 is 2.17 bits per heavy atom. The second kappa shape index (κ2) is 11.0. The van der Waals surface area contributed by atoms with E-state index in [1.165, 1.54) is 0 Å². The van der Waals surface area contributed by atoms with E-state index < -0.39 is 0 Å². The number of carbonyl (C=O) groups is 1. The van der Waals surface area contributed by atoms with E-state index in [1.807, 2.05) is 60.4 Å². The first kappa shape index (κ1) is 24.3. The summed E-state index contributed by atoms with van der Waals surface area (Å²) < 4.78 is 28.3. The smallest absolute Gasteiger partial charge is 0.254 e. The number of amides is 1. The Bertz CT molecular complexity index is 1160. The zero-order valence-electron chi connectivity index (χ0n) is 20.6. The van der Waals surface area contributed by atoms with Crippen molar-refractivity contribution in [2.24, 2.45) is 0 Å². The average Bonchev–Trinajstić information content (AvgIpc) is 2.91. The molecular formula is C28H31NO6. The van der Waals surface area contributed by atoms with Gasteiger partial charge in [-0.15, -0.1) is 0 Å². The zero-order chi connectivity index (χ0) is 24.8. The molecule has 0 radical (unpaired) electrons. The Labute approximate surface area is 206 Å². The summed E-state index contributed by atoms with van der Waals surface area (Å²) in [4.78, 5) is 15.5. The van der Waals surface area contributed by atoms with E-state index in [0.29, 0.717) is 48.1 Å². The van der Waals surface area contributed by atoms with Gasteiger partial charge in [-0.1, -0.05) is 12.1 Å². The number of ether oxygens (including phenoxy) is 5. The van der Waals surface area contributed by atoms with Gasteiger partial charge in [0, 0.05) is 12.1 Å². The highest BCUT2D eigenvalue weighted by molar-refractivity contribution is 5.95. The quantitative estimate of drug-likeness (QED) is 0.435. The number of benzene rings is 3. The molecule has 35 heavy (non-hydrogen) atoms. The summed E-state index contributed by atoms with van der Waals surface area (Å²) in [5.41, 5.74) is 2.68. The SMILES string of the molecule is CCOc1ccc(C(=O)N2CCc3cc(OC)c(OC)cc3C2COc2ccccc2OC)cc1. The Morgan fingerprint density at radius 1 is 0.857 bits per heavy atom. The molecule has 1 atom stereocenters. The molecule has 7 heteroatoms. The highest BCUT2D eigenvalue weighted by atomic mass is 16.5. The number of para-hydroxylation sites is 2. The molecule has 3 aromatic rings. The van der Waals surface area contributed by atoms with E-state index in [1.54, 1.807) is 33.5 Å². The van der Waals surface area contributed by atoms with Gasteiger partial charge in [0.1, 0.15) is 12.4 Å². The van der Waals surface area contributed by atoms with E-state index in [9.17, 15) is 4.79 Å². The molecule has 4 rings (SSSR count). The van der Waals surface area contributed by atoms with E-state index in [-0.39, 0.29) is 18.6 Å². The fraction of sp³-hybridized carbons (Fsp3) is 0.321. The molecule has 1 aliphatic rings. The third kappa shape index (κ3) is 5.14. The molecule has 3 aromatic carbocycles. The fourth-order valence-corrected chi connectivity index (χ4v) is 4.38. The van der Waals surface area contributed by atoms with Gasteiger partial charge in [0.15, 0.2) is 23.0 Å². The first-order valence-electron chi connectivity index (χ1n) is 11.6. The van der Waals surface area contributed by atoms with E-state index >= 15 is 0 Å². The number of hydrogen-bond acceptors (Lipinski definition) is 6. The summed E-state index contributed by atoms with van der Waals surface area (Å²) in [6.07, 6.45) is 0.698. The minimum absolute atomic E-state index is 0.0675. The molecule has 0 aromatic heterocycles. The summed E-state index contributed by atoms with van der Waals surface area (Å²) in [5.74, 6) is 3.21. The topological polar surface area (TPSA) is 66.5 Å². The molecule has 1 amide bonds. The van der Waals surface area contributed by atoms with Crippen LogP contribution in [0.5, 0.6) is 28.7 Å². The largest absolute Gasteiger partial charge is 0.494 e. The van der Waals surface area contributed by atoms with Crippen molar-refractivity contribution in [3.8, 4) is 28.7 Å². The molecule has 1 heterocycles. The molecule has 184 valence electrons. The first-order valence-corrected chi connectivity index (χ1v) is 11.6. The summed E-state index contributed by atoms with van der Waals surface area (Å²) in [7, 11) is 4.84. The van der Waals surface area contributed by atoms with Crippen molar-refractivity contribution in [1.29, 1.82) is 0 Å².